The van der Waals surface area contributed by atoms with Crippen molar-refractivity contribution in [2.75, 3.05) is 66.0 Å². The minimum Gasteiger partial charge on any atom is -0.477 e. The van der Waals surface area contributed by atoms with Crippen LogP contribution in [0.4, 0.5) is 0 Å². The van der Waals surface area contributed by atoms with Crippen LogP contribution in [0.2, 0.25) is 0 Å². The first kappa shape index (κ1) is 93.5. The van der Waals surface area contributed by atoms with Crippen molar-refractivity contribution >= 4 is 21.6 Å². The van der Waals surface area contributed by atoms with Gasteiger partial charge in [0, 0.05) is 13.0 Å². The lowest BCUT2D eigenvalue weighted by atomic mass is 9.91. The van der Waals surface area contributed by atoms with Gasteiger partial charge in [-0.25, -0.2) is 13.9 Å². The van der Waals surface area contributed by atoms with Crippen molar-refractivity contribution in [3.05, 3.63) is 0 Å². The van der Waals surface area contributed by atoms with Crippen LogP contribution in [0, 0.1) is 0 Å². The lowest BCUT2D eigenvalue weighted by Crippen LogP contribution is -2.71. The Bertz CT molecular complexity index is 2920. The number of aliphatic hydroxyl groups is 27. The number of hydrogen-bond donors (Lipinski definition) is 32. The summed E-state index contributed by atoms with van der Waals surface area (Å²) in [6.45, 7) is -12.1. The minimum absolute atomic E-state index is 0.517. The molecular weight excluding hydrogens is 1570 g/mol. The van der Waals surface area contributed by atoms with Crippen molar-refractivity contribution in [3.8, 4) is 0 Å². The van der Waals surface area contributed by atoms with Gasteiger partial charge in [0.05, 0.1) is 59.5 Å². The molecule has 0 spiro atoms. The fourth-order valence-electron chi connectivity index (χ4n) is 13.3. The van der Waals surface area contributed by atoms with E-state index >= 15 is 0 Å². The number of aliphatic carboxylic acids is 1. The number of hydrogen-bond acceptors (Lipinski definition) is 49. The minimum atomic E-state index is -6.00. The molecule has 8 saturated heterocycles. The molecule has 0 radical (unpaired) electrons. The Balaban J connectivity index is 1.26. The summed E-state index contributed by atoms with van der Waals surface area (Å²) in [5.74, 6) is -5.96. The molecule has 0 aromatic heterocycles. The molecule has 0 aromatic carbocycles. The van der Waals surface area contributed by atoms with Gasteiger partial charge in [-0.05, 0) is 0 Å². The highest BCUT2D eigenvalue weighted by atomic mass is 31.2. The van der Waals surface area contributed by atoms with E-state index in [1.807, 2.05) is 0 Å². The van der Waals surface area contributed by atoms with E-state index in [1.54, 1.807) is 0 Å². The molecule has 8 rings (SSSR count). The zero-order valence-electron chi connectivity index (χ0n) is 56.9. The number of carboxylic acid groups (broad SMARTS) is 1. The van der Waals surface area contributed by atoms with Gasteiger partial charge in [0.2, 0.25) is 0 Å². The van der Waals surface area contributed by atoms with Crippen molar-refractivity contribution in [2.24, 2.45) is 5.73 Å². The third-order valence-electron chi connectivity index (χ3n) is 19.1. The number of carbonyl (C=O) groups is 1. The van der Waals surface area contributed by atoms with Gasteiger partial charge < -0.3 is 234 Å². The van der Waals surface area contributed by atoms with E-state index in [1.165, 1.54) is 0 Å². The van der Waals surface area contributed by atoms with Gasteiger partial charge in [-0.1, -0.05) is 0 Å². The third kappa shape index (κ3) is 20.8. The van der Waals surface area contributed by atoms with E-state index in [0.717, 1.165) is 0 Å². The number of aliphatic hydroxyl groups excluding tert-OH is 26. The van der Waals surface area contributed by atoms with Crippen LogP contribution in [-0.2, 0) is 98.5 Å². The quantitative estimate of drug-likeness (QED) is 0.0266. The molecule has 0 saturated carbocycles. The number of carboxylic acids is 1. The molecule has 53 nitrogen and oxygen atoms in total. The van der Waals surface area contributed by atoms with Gasteiger partial charge in [0.1, 0.15) is 214 Å². The predicted molar refractivity (Wildman–Crippen MR) is 328 cm³/mol. The predicted octanol–water partition coefficient (Wildman–Crippen LogP) is -20.3. The molecule has 44 atom stereocenters. The Morgan fingerprint density at radius 3 is 1.21 bits per heavy atom. The Morgan fingerprint density at radius 1 is 0.400 bits per heavy atom. The van der Waals surface area contributed by atoms with E-state index in [-0.39, 0.29) is 0 Å². The average Bonchev–Trinajstić information content (AvgIpc) is 0.743. The summed E-state index contributed by atoms with van der Waals surface area (Å²) in [7, 11) is -11.6. The Morgan fingerprint density at radius 2 is 0.764 bits per heavy atom. The lowest BCUT2D eigenvalue weighted by Gasteiger charge is -2.53. The molecule has 8 aliphatic heterocycles. The highest BCUT2D eigenvalue weighted by molar-refractivity contribution is 7.47. The maximum atomic E-state index is 13.6. The molecule has 110 heavy (non-hydrogen) atoms. The Kier molecular flexibility index (Phi) is 33.7. The van der Waals surface area contributed by atoms with Gasteiger partial charge in [0.25, 0.3) is 5.79 Å². The second-order valence-electron chi connectivity index (χ2n) is 26.6. The monoisotopic (exact) mass is 1670 g/mol. The second kappa shape index (κ2) is 39.7. The van der Waals surface area contributed by atoms with Crippen molar-refractivity contribution in [1.29, 1.82) is 0 Å². The first-order chi connectivity index (χ1) is 51.6. The van der Waals surface area contributed by atoms with Crippen LogP contribution in [0.15, 0.2) is 0 Å². The molecule has 8 aliphatic rings. The number of phosphoric ester groups is 2. The second-order valence-corrected chi connectivity index (χ2v) is 29.1. The first-order valence-corrected chi connectivity index (χ1v) is 36.7. The summed E-state index contributed by atoms with van der Waals surface area (Å²) >= 11 is 0. The van der Waals surface area contributed by atoms with Gasteiger partial charge in [-0.3, -0.25) is 13.6 Å². The van der Waals surface area contributed by atoms with Crippen LogP contribution >= 0.6 is 15.6 Å². The maximum Gasteiger partial charge on any atom is 0.472 e. The standard InChI is InChI=1S/C55H97NO52P2/c56-1-2-91-110(89,90)108-20(11-64)41-34(81)43(102-50-33(80)28(75)40(19(10-63)95-50)99-49-32(79)27(74)39(18(9-62)94-49)98-47-29(76)23(70)21(68)16(7-60)92-47)46(105-51-31(78)25(72)26(73)36(96-51)12(65)4-57)53(100-41)103-44-35(82)52(97-37(13(66)5-58)45(44)104-48-30(77)24(71)22(69)17(8-61)93-48)101-42-15(107-109(86,87)88)3-55(85,54(83)84)106-38(42)14(67)6-59/h12-53,57-82,85H,1-11,56H2,(H,83,84)(H,89,90)(H2,86,87,88)/t12-,13-,14+,15+,16+,17+,18+,19+,20-,21+,22+,23-,24-,25-,26-,27+,28+,29+,30+,31-,32+,33+,34+,35-,36+,37+,38+,39+,40+,41+,42+,43-,44+,45+,46-,47-,48-,49-,50-,51+,52+,53+,55+/m0/s1. The molecule has 8 fully saturated rings. The van der Waals surface area contributed by atoms with Crippen LogP contribution in [0.25, 0.3) is 0 Å². The van der Waals surface area contributed by atoms with E-state index < -0.39 is 357 Å². The van der Waals surface area contributed by atoms with Crippen molar-refractivity contribution in [2.45, 2.75) is 270 Å². The normalized spacial score (nSPS) is 47.6. The van der Waals surface area contributed by atoms with Gasteiger partial charge in [-0.2, -0.15) is 0 Å². The van der Waals surface area contributed by atoms with Crippen LogP contribution < -0.4 is 5.73 Å². The van der Waals surface area contributed by atoms with E-state index in [4.69, 9.17) is 90.4 Å². The highest BCUT2D eigenvalue weighted by Gasteiger charge is 2.64. The van der Waals surface area contributed by atoms with Crippen molar-refractivity contribution in [3.63, 3.8) is 0 Å². The topological polar surface area (TPSA) is 871 Å². The highest BCUT2D eigenvalue weighted by Crippen LogP contribution is 2.49. The summed E-state index contributed by atoms with van der Waals surface area (Å²) in [5, 5.41) is 309. The Hall–Kier alpha value is -2.03. The number of phosphoric acid groups is 2. The average molecular weight is 1670 g/mol. The summed E-state index contributed by atoms with van der Waals surface area (Å²) in [5.41, 5.74) is 5.46. The van der Waals surface area contributed by atoms with Crippen molar-refractivity contribution in [1.82, 2.24) is 0 Å². The molecule has 644 valence electrons. The van der Waals surface area contributed by atoms with Crippen LogP contribution in [0.5, 0.6) is 0 Å². The molecule has 0 aromatic rings. The summed E-state index contributed by atoms with van der Waals surface area (Å²) in [6, 6.07) is 0. The molecule has 1 unspecified atom stereocenters. The summed E-state index contributed by atoms with van der Waals surface area (Å²) in [4.78, 5) is 43.5. The summed E-state index contributed by atoms with van der Waals surface area (Å²) in [6.07, 6.45) is -105. The van der Waals surface area contributed by atoms with Gasteiger partial charge >= 0.3 is 21.6 Å². The molecule has 0 amide bonds. The van der Waals surface area contributed by atoms with Crippen LogP contribution in [0.3, 0.4) is 0 Å². The van der Waals surface area contributed by atoms with Gasteiger partial charge in [0.15, 0.2) is 44.0 Å². The maximum absolute atomic E-state index is 13.6. The van der Waals surface area contributed by atoms with Crippen LogP contribution in [0.1, 0.15) is 6.42 Å². The number of ether oxygens (including phenoxy) is 15. The van der Waals surface area contributed by atoms with E-state index in [0.29, 0.717) is 0 Å². The SMILES string of the molecule is NCCOP(=O)(O)O[C@@H](CO)[C@H]1O[C@H](O[C@@H]2[C@H](O)[C@@H](O[C@H]3[C@@H]([C@H](O)CO)O[C@@](O)(C(=O)O)C[C@H]3OP(=O)(O)O)O[C@H]([C@@H](O)CO)[C@H]2O[C@@H]2O[C@H](CO)[C@@H](O)[C@H](O)[C@H]2O)[C@@H](O[C@H]2O[C@H]([C@@H](O)CO)[C@@H](O)[C@H](O)[C@@H]2O)[C@@H](O[C@@H]2O[C@H](CO)[C@@H](O[C@@H]3O[C@H](CO)[C@@H](O[C@@H]4O[C@H](CO)[C@@H](O)[C@H](O)[C@H]4O)[C@H](O)[C@H]3O)[C@H](O)[C@H]2O)[C@@H]1O. The molecule has 0 bridgehead atoms. The molecule has 8 heterocycles. The fourth-order valence-corrected chi connectivity index (χ4v) is 14.7. The number of rotatable bonds is 34. The molecule has 0 aliphatic carbocycles. The van der Waals surface area contributed by atoms with E-state index in [9.17, 15) is 172 Å². The number of nitrogens with two attached hydrogens (primary N) is 1. The summed E-state index contributed by atoms with van der Waals surface area (Å²) < 4.78 is 128. The molecular formula is C55H97NO52P2. The molecule has 55 heteroatoms. The van der Waals surface area contributed by atoms with Crippen molar-refractivity contribution < 1.29 is 256 Å². The van der Waals surface area contributed by atoms with Crippen LogP contribution in [-0.4, -0.2) is 493 Å². The van der Waals surface area contributed by atoms with Gasteiger partial charge in [-0.15, -0.1) is 0 Å². The first-order valence-electron chi connectivity index (χ1n) is 33.7. The smallest absolute Gasteiger partial charge is 0.472 e. The fraction of sp³-hybridized carbons (Fsp3) is 0.982. The largest absolute Gasteiger partial charge is 0.477 e. The third-order valence-corrected chi connectivity index (χ3v) is 20.7. The molecule has 33 N–H and O–H groups in total. The van der Waals surface area contributed by atoms with E-state index in [2.05, 4.69) is 0 Å². The Labute approximate surface area is 618 Å². The lowest BCUT2D eigenvalue weighted by molar-refractivity contribution is -0.424. The zero-order valence-corrected chi connectivity index (χ0v) is 58.7. The zero-order chi connectivity index (χ0) is 81.8.